The maximum atomic E-state index is 11.6. The summed E-state index contributed by atoms with van der Waals surface area (Å²) in [4.78, 5) is 25.2. The molecule has 0 fully saturated rings. The molecule has 2 aromatic heterocycles. The molecular formula is C11H6BrNO4. The van der Waals surface area contributed by atoms with Crippen molar-refractivity contribution in [3.8, 4) is 0 Å². The van der Waals surface area contributed by atoms with Crippen LogP contribution in [0.3, 0.4) is 0 Å². The molecule has 0 aliphatic rings. The highest BCUT2D eigenvalue weighted by Gasteiger charge is 2.13. The lowest BCUT2D eigenvalue weighted by molar-refractivity contribution is 0.554. The Morgan fingerprint density at radius 2 is 2.00 bits per heavy atom. The predicted octanol–water partition coefficient (Wildman–Crippen LogP) is 2.30. The van der Waals surface area contributed by atoms with Crippen LogP contribution in [0, 0.1) is 6.92 Å². The molecule has 0 bridgehead atoms. The summed E-state index contributed by atoms with van der Waals surface area (Å²) in [6.45, 7) is 1.80. The van der Waals surface area contributed by atoms with E-state index in [9.17, 15) is 9.59 Å². The van der Waals surface area contributed by atoms with Gasteiger partial charge in [-0.3, -0.25) is 4.98 Å². The minimum atomic E-state index is -0.573. The van der Waals surface area contributed by atoms with Gasteiger partial charge in [0.25, 0.3) is 0 Å². The molecule has 2 heterocycles. The van der Waals surface area contributed by atoms with E-state index >= 15 is 0 Å². The number of hydrogen-bond donors (Lipinski definition) is 1. The van der Waals surface area contributed by atoms with E-state index < -0.39 is 11.4 Å². The third-order valence-electron chi connectivity index (χ3n) is 2.66. The predicted molar refractivity (Wildman–Crippen MR) is 65.3 cm³/mol. The molecule has 1 N–H and O–H groups in total. The maximum Gasteiger partial charge on any atom is 0.417 e. The average molecular weight is 296 g/mol. The normalized spacial score (nSPS) is 11.4. The van der Waals surface area contributed by atoms with Gasteiger partial charge in [0.15, 0.2) is 11.2 Å². The molecule has 0 unspecified atom stereocenters. The molecule has 3 rings (SSSR count). The van der Waals surface area contributed by atoms with Crippen molar-refractivity contribution in [3.05, 3.63) is 43.1 Å². The van der Waals surface area contributed by atoms with Gasteiger partial charge in [0.05, 0.1) is 0 Å². The van der Waals surface area contributed by atoms with E-state index in [1.807, 2.05) is 0 Å². The SMILES string of the molecule is Cc1c(Br)c(=O)oc2c1ccc1oc(=O)[nH]c12. The number of rotatable bonds is 0. The Labute approximate surface area is 102 Å². The highest BCUT2D eigenvalue weighted by atomic mass is 79.9. The lowest BCUT2D eigenvalue weighted by Gasteiger charge is -2.02. The summed E-state index contributed by atoms with van der Waals surface area (Å²) in [6.07, 6.45) is 0. The first-order chi connectivity index (χ1) is 8.08. The summed E-state index contributed by atoms with van der Waals surface area (Å²) in [5.74, 6) is -0.573. The number of hydrogen-bond acceptors (Lipinski definition) is 4. The van der Waals surface area contributed by atoms with Gasteiger partial charge in [-0.15, -0.1) is 0 Å². The topological polar surface area (TPSA) is 76.2 Å². The van der Waals surface area contributed by atoms with E-state index in [1.54, 1.807) is 19.1 Å². The molecule has 0 aliphatic heterocycles. The maximum absolute atomic E-state index is 11.6. The van der Waals surface area contributed by atoms with Crippen LogP contribution in [0.1, 0.15) is 5.56 Å². The number of nitrogens with one attached hydrogen (secondary N) is 1. The second-order valence-electron chi connectivity index (χ2n) is 3.66. The smallest absolute Gasteiger partial charge is 0.417 e. The first kappa shape index (κ1) is 10.3. The summed E-state index contributed by atoms with van der Waals surface area (Å²) >= 11 is 3.17. The number of aryl methyl sites for hydroxylation is 1. The highest BCUT2D eigenvalue weighted by Crippen LogP contribution is 2.27. The summed E-state index contributed by atoms with van der Waals surface area (Å²) < 4.78 is 10.5. The molecule has 0 radical (unpaired) electrons. The second-order valence-corrected chi connectivity index (χ2v) is 4.45. The van der Waals surface area contributed by atoms with Crippen molar-refractivity contribution in [1.82, 2.24) is 4.98 Å². The largest absolute Gasteiger partial charge is 0.419 e. The van der Waals surface area contributed by atoms with E-state index in [1.165, 1.54) is 0 Å². The fraction of sp³-hybridized carbons (Fsp3) is 0.0909. The van der Waals surface area contributed by atoms with Crippen molar-refractivity contribution in [3.63, 3.8) is 0 Å². The zero-order valence-electron chi connectivity index (χ0n) is 8.67. The van der Waals surface area contributed by atoms with Gasteiger partial charge in [0.1, 0.15) is 9.99 Å². The van der Waals surface area contributed by atoms with Crippen molar-refractivity contribution in [2.24, 2.45) is 0 Å². The molecule has 5 nitrogen and oxygen atoms in total. The van der Waals surface area contributed by atoms with Crippen LogP contribution < -0.4 is 11.4 Å². The Bertz CT molecular complexity index is 855. The second kappa shape index (κ2) is 3.33. The van der Waals surface area contributed by atoms with Crippen LogP contribution in [0.15, 0.2) is 35.0 Å². The van der Waals surface area contributed by atoms with Gasteiger partial charge in [-0.25, -0.2) is 9.59 Å². The lowest BCUT2D eigenvalue weighted by atomic mass is 10.1. The molecule has 0 saturated heterocycles. The Morgan fingerprint density at radius 3 is 2.76 bits per heavy atom. The zero-order chi connectivity index (χ0) is 12.2. The third-order valence-corrected chi connectivity index (χ3v) is 3.57. The molecule has 1 aromatic carbocycles. The van der Waals surface area contributed by atoms with Crippen molar-refractivity contribution >= 4 is 38.0 Å². The van der Waals surface area contributed by atoms with Gasteiger partial charge >= 0.3 is 11.4 Å². The Hall–Kier alpha value is -1.82. The molecular weight excluding hydrogens is 290 g/mol. The minimum absolute atomic E-state index is 0.332. The van der Waals surface area contributed by atoms with Crippen molar-refractivity contribution < 1.29 is 8.83 Å². The van der Waals surface area contributed by atoms with Gasteiger partial charge in [-0.2, -0.15) is 0 Å². The first-order valence-electron chi connectivity index (χ1n) is 4.82. The Morgan fingerprint density at radius 1 is 1.24 bits per heavy atom. The molecule has 6 heteroatoms. The average Bonchev–Trinajstić information content (AvgIpc) is 2.67. The minimum Gasteiger partial charge on any atom is -0.419 e. The molecule has 3 aromatic rings. The zero-order valence-corrected chi connectivity index (χ0v) is 10.3. The molecule has 86 valence electrons. The number of benzene rings is 1. The van der Waals surface area contributed by atoms with E-state index in [0.717, 1.165) is 10.9 Å². The molecule has 0 atom stereocenters. The van der Waals surface area contributed by atoms with E-state index in [4.69, 9.17) is 8.83 Å². The van der Waals surface area contributed by atoms with Crippen LogP contribution in [0.5, 0.6) is 0 Å². The van der Waals surface area contributed by atoms with Gasteiger partial charge in [-0.1, -0.05) is 0 Å². The van der Waals surface area contributed by atoms with Gasteiger partial charge in [-0.05, 0) is 40.5 Å². The molecule has 0 spiro atoms. The van der Waals surface area contributed by atoms with Crippen molar-refractivity contribution in [2.75, 3.05) is 0 Å². The number of H-pyrrole nitrogens is 1. The van der Waals surface area contributed by atoms with Crippen LogP contribution in [0.25, 0.3) is 22.1 Å². The number of fused-ring (bicyclic) bond motifs is 3. The Kier molecular flexibility index (Phi) is 2.03. The quantitative estimate of drug-likeness (QED) is 0.646. The molecule has 0 aliphatic carbocycles. The van der Waals surface area contributed by atoms with Crippen LogP contribution >= 0.6 is 15.9 Å². The van der Waals surface area contributed by atoms with Crippen LogP contribution in [0.2, 0.25) is 0 Å². The van der Waals surface area contributed by atoms with Gasteiger partial charge in [0.2, 0.25) is 0 Å². The van der Waals surface area contributed by atoms with E-state index in [2.05, 4.69) is 20.9 Å². The number of aromatic amines is 1. The standard InChI is InChI=1S/C11H6BrNO4/c1-4-5-2-3-6-8(13-11(15)16-6)9(5)17-10(14)7(4)12/h2-3H,1H3,(H,13,15). The van der Waals surface area contributed by atoms with Crippen LogP contribution in [0.4, 0.5) is 0 Å². The van der Waals surface area contributed by atoms with Crippen molar-refractivity contribution in [1.29, 1.82) is 0 Å². The highest BCUT2D eigenvalue weighted by molar-refractivity contribution is 9.10. The van der Waals surface area contributed by atoms with Crippen LogP contribution in [-0.2, 0) is 0 Å². The lowest BCUT2D eigenvalue weighted by Crippen LogP contribution is -2.02. The fourth-order valence-electron chi connectivity index (χ4n) is 1.81. The summed E-state index contributed by atoms with van der Waals surface area (Å²) in [6, 6.07) is 3.41. The Balaban J connectivity index is 2.68. The van der Waals surface area contributed by atoms with Gasteiger partial charge in [0, 0.05) is 5.39 Å². The monoisotopic (exact) mass is 295 g/mol. The van der Waals surface area contributed by atoms with E-state index in [-0.39, 0.29) is 0 Å². The molecule has 17 heavy (non-hydrogen) atoms. The molecule has 0 amide bonds. The molecule has 0 saturated carbocycles. The fourth-order valence-corrected chi connectivity index (χ4v) is 2.10. The number of halogens is 1. The summed E-state index contributed by atoms with van der Waals surface area (Å²) in [5.41, 5.74) is 1.39. The van der Waals surface area contributed by atoms with Crippen molar-refractivity contribution in [2.45, 2.75) is 6.92 Å². The number of aromatic nitrogens is 1. The van der Waals surface area contributed by atoms with Gasteiger partial charge < -0.3 is 8.83 Å². The summed E-state index contributed by atoms with van der Waals surface area (Å²) in [5, 5.41) is 0.751. The first-order valence-corrected chi connectivity index (χ1v) is 5.62. The third kappa shape index (κ3) is 1.37. The van der Waals surface area contributed by atoms with E-state index in [0.29, 0.717) is 21.2 Å². The summed E-state index contributed by atoms with van der Waals surface area (Å²) in [7, 11) is 0. The number of oxazole rings is 1. The van der Waals surface area contributed by atoms with Crippen LogP contribution in [-0.4, -0.2) is 4.98 Å².